The van der Waals surface area contributed by atoms with Crippen molar-refractivity contribution in [1.82, 2.24) is 0 Å². The lowest BCUT2D eigenvalue weighted by Gasteiger charge is -2.15. The molecular weight excluding hydrogens is 424 g/mol. The summed E-state index contributed by atoms with van der Waals surface area (Å²) in [5.74, 6) is -0.768. The second-order valence-corrected chi connectivity index (χ2v) is 8.35. The first-order valence-corrected chi connectivity index (χ1v) is 10.5. The lowest BCUT2D eigenvalue weighted by Crippen LogP contribution is -2.10. The van der Waals surface area contributed by atoms with Gasteiger partial charge in [0.2, 0.25) is 5.43 Å². The van der Waals surface area contributed by atoms with E-state index in [1.54, 1.807) is 0 Å². The average molecular weight is 453 g/mol. The number of esters is 1. The van der Waals surface area contributed by atoms with Gasteiger partial charge in [0.25, 0.3) is 0 Å². The Morgan fingerprint density at radius 3 is 2.06 bits per heavy atom. The molecule has 0 saturated carbocycles. The third-order valence-electron chi connectivity index (χ3n) is 5.21. The number of carbonyl (C=O) groups excluding carboxylic acids is 1. The van der Waals surface area contributed by atoms with Gasteiger partial charge in [0.1, 0.15) is 28.1 Å². The van der Waals surface area contributed by atoms with Gasteiger partial charge in [0, 0.05) is 30.2 Å². The lowest BCUT2D eigenvalue weighted by atomic mass is 9.98. The van der Waals surface area contributed by atoms with E-state index in [9.17, 15) is 19.8 Å². The molecule has 0 spiro atoms. The molecule has 1 aromatic heterocycles. The normalized spacial score (nSPS) is 10.8. The van der Waals surface area contributed by atoms with Gasteiger partial charge in [-0.3, -0.25) is 9.59 Å². The molecule has 0 radical (unpaired) electrons. The van der Waals surface area contributed by atoms with Crippen LogP contribution in [0.4, 0.5) is 0 Å². The summed E-state index contributed by atoms with van der Waals surface area (Å²) in [6, 6.07) is 2.73. The van der Waals surface area contributed by atoms with E-state index in [-0.39, 0.29) is 51.4 Å². The summed E-state index contributed by atoms with van der Waals surface area (Å²) in [5, 5.41) is 21.8. The van der Waals surface area contributed by atoms with Crippen LogP contribution in [0.2, 0.25) is 0 Å². The van der Waals surface area contributed by atoms with Crippen molar-refractivity contribution in [2.24, 2.45) is 0 Å². The summed E-state index contributed by atoms with van der Waals surface area (Å²) < 4.78 is 16.6. The molecule has 0 aliphatic rings. The number of aromatic hydroxyl groups is 2. The van der Waals surface area contributed by atoms with Crippen LogP contribution in [0.25, 0.3) is 21.9 Å². The van der Waals surface area contributed by atoms with Gasteiger partial charge >= 0.3 is 5.97 Å². The maximum absolute atomic E-state index is 13.7. The molecule has 2 aromatic carbocycles. The lowest BCUT2D eigenvalue weighted by molar-refractivity contribution is -0.131. The first-order valence-electron chi connectivity index (χ1n) is 10.5. The molecule has 2 N–H and O–H groups in total. The number of allylic oxidation sites excluding steroid dienone is 4. The van der Waals surface area contributed by atoms with Gasteiger partial charge < -0.3 is 24.1 Å². The second-order valence-electron chi connectivity index (χ2n) is 8.35. The smallest absolute Gasteiger partial charge is 0.308 e. The minimum Gasteiger partial charge on any atom is -0.507 e. The van der Waals surface area contributed by atoms with Crippen LogP contribution in [-0.4, -0.2) is 23.3 Å². The van der Waals surface area contributed by atoms with Crippen LogP contribution in [0.1, 0.15) is 45.7 Å². The summed E-state index contributed by atoms with van der Waals surface area (Å²) in [5.41, 5.74) is 2.50. The average Bonchev–Trinajstić information content (AvgIpc) is 2.70. The number of carbonyl (C=O) groups is 1. The SMILES string of the molecule is COc1c(O)cc2oc3cc(OC(C)=O)c(CC=C(C)C)c(O)c3c(=O)c2c1CC=C(C)C. The van der Waals surface area contributed by atoms with Crippen LogP contribution in [0.5, 0.6) is 23.0 Å². The number of benzene rings is 2. The van der Waals surface area contributed by atoms with Gasteiger partial charge in [0.15, 0.2) is 11.5 Å². The zero-order valence-corrected chi connectivity index (χ0v) is 19.7. The van der Waals surface area contributed by atoms with E-state index < -0.39 is 11.4 Å². The summed E-state index contributed by atoms with van der Waals surface area (Å²) >= 11 is 0. The van der Waals surface area contributed by atoms with Crippen molar-refractivity contribution in [2.75, 3.05) is 7.11 Å². The highest BCUT2D eigenvalue weighted by Crippen LogP contribution is 2.41. The van der Waals surface area contributed by atoms with Crippen molar-refractivity contribution in [3.8, 4) is 23.0 Å². The fourth-order valence-corrected chi connectivity index (χ4v) is 3.69. The maximum Gasteiger partial charge on any atom is 0.308 e. The van der Waals surface area contributed by atoms with E-state index in [1.807, 2.05) is 39.8 Å². The van der Waals surface area contributed by atoms with Gasteiger partial charge in [-0.15, -0.1) is 0 Å². The molecule has 0 aliphatic carbocycles. The Labute approximate surface area is 191 Å². The topological polar surface area (TPSA) is 106 Å². The quantitative estimate of drug-likeness (QED) is 0.226. The molecule has 0 atom stereocenters. The van der Waals surface area contributed by atoms with E-state index in [0.717, 1.165) is 11.1 Å². The number of fused-ring (bicyclic) bond motifs is 2. The summed E-state index contributed by atoms with van der Waals surface area (Å²) in [6.45, 7) is 8.91. The molecule has 0 unspecified atom stereocenters. The number of hydrogen-bond acceptors (Lipinski definition) is 7. The molecule has 3 rings (SSSR count). The van der Waals surface area contributed by atoms with Crippen molar-refractivity contribution in [1.29, 1.82) is 0 Å². The third kappa shape index (κ3) is 4.72. The first kappa shape index (κ1) is 23.9. The molecule has 3 aromatic rings. The molecule has 0 saturated heterocycles. The number of methoxy groups -OCH3 is 1. The largest absolute Gasteiger partial charge is 0.507 e. The molecule has 174 valence electrons. The molecule has 33 heavy (non-hydrogen) atoms. The number of hydrogen-bond donors (Lipinski definition) is 2. The van der Waals surface area contributed by atoms with Gasteiger partial charge in [0.05, 0.1) is 12.5 Å². The molecule has 0 fully saturated rings. The van der Waals surface area contributed by atoms with Crippen LogP contribution in [0.3, 0.4) is 0 Å². The monoisotopic (exact) mass is 452 g/mol. The first-order chi connectivity index (χ1) is 15.5. The van der Waals surface area contributed by atoms with Gasteiger partial charge in [-0.2, -0.15) is 0 Å². The predicted molar refractivity (Wildman–Crippen MR) is 127 cm³/mol. The Hall–Kier alpha value is -3.74. The predicted octanol–water partition coefficient (Wildman–Crippen LogP) is 5.31. The summed E-state index contributed by atoms with van der Waals surface area (Å²) in [4.78, 5) is 25.3. The molecule has 0 amide bonds. The molecule has 1 heterocycles. The van der Waals surface area contributed by atoms with Crippen LogP contribution < -0.4 is 14.9 Å². The van der Waals surface area contributed by atoms with Crippen molar-refractivity contribution in [2.45, 2.75) is 47.5 Å². The fraction of sp³-hybridized carbons (Fsp3) is 0.308. The highest BCUT2D eigenvalue weighted by Gasteiger charge is 2.24. The standard InChI is InChI=1S/C26H28O7/c1-13(2)7-9-16-19(32-15(5)27)12-21-23(24(16)29)25(30)22-17(10-8-14(3)4)26(31-6)18(28)11-20(22)33-21/h7-8,11-12,28-29H,9-10H2,1-6H3. The van der Waals surface area contributed by atoms with Crippen molar-refractivity contribution >= 4 is 27.9 Å². The summed E-state index contributed by atoms with van der Waals surface area (Å²) in [7, 11) is 1.41. The van der Waals surface area contributed by atoms with Crippen LogP contribution in [0, 0.1) is 0 Å². The minimum atomic E-state index is -0.568. The van der Waals surface area contributed by atoms with Crippen LogP contribution >= 0.6 is 0 Å². The van der Waals surface area contributed by atoms with E-state index in [0.29, 0.717) is 17.5 Å². The molecular formula is C26H28O7. The molecule has 0 aliphatic heterocycles. The van der Waals surface area contributed by atoms with Crippen LogP contribution in [-0.2, 0) is 17.6 Å². The van der Waals surface area contributed by atoms with Crippen molar-refractivity contribution in [3.63, 3.8) is 0 Å². The molecule has 0 bridgehead atoms. The van der Waals surface area contributed by atoms with E-state index in [1.165, 1.54) is 26.2 Å². The van der Waals surface area contributed by atoms with E-state index >= 15 is 0 Å². The minimum absolute atomic E-state index is 0.0262. The number of phenolic OH excluding ortho intramolecular Hbond substituents is 2. The Morgan fingerprint density at radius 2 is 1.52 bits per heavy atom. The third-order valence-corrected chi connectivity index (χ3v) is 5.21. The Kier molecular flexibility index (Phi) is 6.81. The van der Waals surface area contributed by atoms with E-state index in [2.05, 4.69) is 0 Å². The zero-order chi connectivity index (χ0) is 24.4. The van der Waals surface area contributed by atoms with Gasteiger partial charge in [-0.05, 0) is 40.5 Å². The molecule has 7 heteroatoms. The highest BCUT2D eigenvalue weighted by atomic mass is 16.5. The number of ether oxygens (including phenoxy) is 2. The van der Waals surface area contributed by atoms with Crippen molar-refractivity contribution in [3.05, 3.63) is 56.8 Å². The number of phenols is 2. The van der Waals surface area contributed by atoms with Crippen LogP contribution in [0.15, 0.2) is 44.6 Å². The second kappa shape index (κ2) is 9.40. The van der Waals surface area contributed by atoms with E-state index in [4.69, 9.17) is 13.9 Å². The highest BCUT2D eigenvalue weighted by molar-refractivity contribution is 5.98. The van der Waals surface area contributed by atoms with Gasteiger partial charge in [-0.1, -0.05) is 23.3 Å². The Bertz CT molecular complexity index is 1370. The van der Waals surface area contributed by atoms with Crippen molar-refractivity contribution < 1.29 is 28.9 Å². The Morgan fingerprint density at radius 1 is 0.939 bits per heavy atom. The fourth-order valence-electron chi connectivity index (χ4n) is 3.69. The Balaban J connectivity index is 2.47. The van der Waals surface area contributed by atoms with Gasteiger partial charge in [-0.25, -0.2) is 0 Å². The maximum atomic E-state index is 13.7. The molecule has 7 nitrogen and oxygen atoms in total. The number of rotatable bonds is 6. The summed E-state index contributed by atoms with van der Waals surface area (Å²) in [6.07, 6.45) is 4.35. The zero-order valence-electron chi connectivity index (χ0n) is 19.7.